The van der Waals surface area contributed by atoms with Crippen molar-refractivity contribution in [1.29, 1.82) is 0 Å². The third-order valence-electron chi connectivity index (χ3n) is 4.44. The zero-order valence-corrected chi connectivity index (χ0v) is 14.7. The minimum atomic E-state index is -4.72. The van der Waals surface area contributed by atoms with E-state index < -0.39 is 17.8 Å². The number of hydrogen-bond acceptors (Lipinski definition) is 4. The molecule has 0 spiro atoms. The van der Waals surface area contributed by atoms with Gasteiger partial charge in [-0.2, -0.15) is 18.3 Å². The quantitative estimate of drug-likeness (QED) is 0.646. The van der Waals surface area contributed by atoms with Crippen molar-refractivity contribution in [2.75, 3.05) is 13.1 Å². The molecular weight excluding hydrogens is 385 g/mol. The lowest BCUT2D eigenvalue weighted by Gasteiger charge is -2.25. The summed E-state index contributed by atoms with van der Waals surface area (Å²) in [5.74, 6) is -0.331. The largest absolute Gasteiger partial charge is 0.463 e. The highest BCUT2D eigenvalue weighted by atomic mass is 35.5. The first-order valence-electron chi connectivity index (χ1n) is 8.36. The fraction of sp³-hybridized carbons (Fsp3) is 0.353. The van der Waals surface area contributed by atoms with Crippen molar-refractivity contribution in [1.82, 2.24) is 19.5 Å². The van der Waals surface area contributed by atoms with Crippen molar-refractivity contribution in [3.8, 4) is 11.5 Å². The van der Waals surface area contributed by atoms with Crippen molar-refractivity contribution in [3.63, 3.8) is 0 Å². The van der Waals surface area contributed by atoms with Crippen LogP contribution >= 0.6 is 11.6 Å². The van der Waals surface area contributed by atoms with Gasteiger partial charge in [0, 0.05) is 13.1 Å². The standard InChI is InChI=1S/C17H14ClF3N4O2/c18-13-14(16(26)24-6-2-1-3-7-24)23-25-12(17(19,20)21)9-10(22-15(13)25)11-5-4-8-27-11/h4-5,8-9H,1-3,6-7H2. The summed E-state index contributed by atoms with van der Waals surface area (Å²) >= 11 is 6.24. The third kappa shape index (κ3) is 3.16. The SMILES string of the molecule is O=C(c1nn2c(C(F)(F)F)cc(-c3ccco3)nc2c1Cl)N1CCCCC1. The minimum Gasteiger partial charge on any atom is -0.463 e. The molecule has 0 radical (unpaired) electrons. The van der Waals surface area contributed by atoms with Gasteiger partial charge < -0.3 is 9.32 Å². The van der Waals surface area contributed by atoms with E-state index in [4.69, 9.17) is 16.0 Å². The van der Waals surface area contributed by atoms with Crippen LogP contribution in [0.3, 0.4) is 0 Å². The van der Waals surface area contributed by atoms with Gasteiger partial charge in [0.15, 0.2) is 22.8 Å². The van der Waals surface area contributed by atoms with Gasteiger partial charge in [0.1, 0.15) is 10.7 Å². The fourth-order valence-electron chi connectivity index (χ4n) is 3.13. The number of piperidine rings is 1. The molecule has 3 aromatic heterocycles. The second-order valence-electron chi connectivity index (χ2n) is 6.25. The van der Waals surface area contributed by atoms with Crippen LogP contribution < -0.4 is 0 Å². The topological polar surface area (TPSA) is 63.6 Å². The number of amides is 1. The molecule has 0 bridgehead atoms. The Labute approximate surface area is 156 Å². The first kappa shape index (κ1) is 17.8. The molecule has 142 valence electrons. The molecule has 1 fully saturated rings. The lowest BCUT2D eigenvalue weighted by atomic mass is 10.1. The third-order valence-corrected chi connectivity index (χ3v) is 4.79. The Kier molecular flexibility index (Phi) is 4.33. The zero-order valence-electron chi connectivity index (χ0n) is 14.0. The first-order valence-corrected chi connectivity index (χ1v) is 8.73. The number of carbonyl (C=O) groups is 1. The molecule has 27 heavy (non-hydrogen) atoms. The highest BCUT2D eigenvalue weighted by Gasteiger charge is 2.37. The summed E-state index contributed by atoms with van der Waals surface area (Å²) in [7, 11) is 0. The Morgan fingerprint density at radius 2 is 1.96 bits per heavy atom. The maximum atomic E-state index is 13.6. The number of fused-ring (bicyclic) bond motifs is 1. The Morgan fingerprint density at radius 3 is 2.59 bits per heavy atom. The van der Waals surface area contributed by atoms with E-state index in [9.17, 15) is 18.0 Å². The Morgan fingerprint density at radius 1 is 1.22 bits per heavy atom. The molecular formula is C17H14ClF3N4O2. The molecule has 0 saturated carbocycles. The number of nitrogens with zero attached hydrogens (tertiary/aromatic N) is 4. The summed E-state index contributed by atoms with van der Waals surface area (Å²) in [5.41, 5.74) is -1.59. The van der Waals surface area contributed by atoms with Crippen LogP contribution in [0, 0.1) is 0 Å². The molecule has 0 N–H and O–H groups in total. The first-order chi connectivity index (χ1) is 12.9. The summed E-state index contributed by atoms with van der Waals surface area (Å²) in [4.78, 5) is 18.4. The summed E-state index contributed by atoms with van der Waals surface area (Å²) in [5, 5.41) is 3.65. The van der Waals surface area contributed by atoms with Crippen molar-refractivity contribution in [2.24, 2.45) is 0 Å². The van der Waals surface area contributed by atoms with Gasteiger partial charge in [-0.3, -0.25) is 4.79 Å². The van der Waals surface area contributed by atoms with Gasteiger partial charge >= 0.3 is 6.18 Å². The van der Waals surface area contributed by atoms with Crippen molar-refractivity contribution < 1.29 is 22.4 Å². The minimum absolute atomic E-state index is 0.0430. The Hall–Kier alpha value is -2.55. The average Bonchev–Trinajstić information content (AvgIpc) is 3.29. The number of likely N-dealkylation sites (tertiary alicyclic amines) is 1. The zero-order chi connectivity index (χ0) is 19.2. The van der Waals surface area contributed by atoms with Gasteiger partial charge in [-0.25, -0.2) is 9.50 Å². The monoisotopic (exact) mass is 398 g/mol. The van der Waals surface area contributed by atoms with Gasteiger partial charge in [-0.1, -0.05) is 11.6 Å². The molecule has 0 aliphatic carbocycles. The molecule has 10 heteroatoms. The number of aromatic nitrogens is 3. The van der Waals surface area contributed by atoms with Crippen LogP contribution in [-0.4, -0.2) is 38.5 Å². The van der Waals surface area contributed by atoms with Crippen LogP contribution in [0.5, 0.6) is 0 Å². The van der Waals surface area contributed by atoms with E-state index in [-0.39, 0.29) is 27.8 Å². The van der Waals surface area contributed by atoms with E-state index in [1.165, 1.54) is 18.4 Å². The predicted octanol–water partition coefficient (Wildman–Crippen LogP) is 4.29. The van der Waals surface area contributed by atoms with Crippen LogP contribution in [-0.2, 0) is 6.18 Å². The summed E-state index contributed by atoms with van der Waals surface area (Å²) in [6, 6.07) is 3.85. The Bertz CT molecular complexity index is 992. The molecule has 0 unspecified atom stereocenters. The number of halogens is 4. The van der Waals surface area contributed by atoms with E-state index in [0.717, 1.165) is 25.3 Å². The van der Waals surface area contributed by atoms with Gasteiger partial charge in [0.05, 0.1) is 6.26 Å². The molecule has 3 aromatic rings. The lowest BCUT2D eigenvalue weighted by molar-refractivity contribution is -0.142. The molecule has 6 nitrogen and oxygen atoms in total. The molecule has 1 aliphatic rings. The molecule has 0 atom stereocenters. The van der Waals surface area contributed by atoms with Crippen LogP contribution in [0.4, 0.5) is 13.2 Å². The van der Waals surface area contributed by atoms with E-state index in [0.29, 0.717) is 17.6 Å². The Balaban J connectivity index is 1.88. The molecule has 4 heterocycles. The smallest absolute Gasteiger partial charge is 0.433 e. The van der Waals surface area contributed by atoms with E-state index >= 15 is 0 Å². The number of carbonyl (C=O) groups excluding carboxylic acids is 1. The fourth-order valence-corrected chi connectivity index (χ4v) is 3.37. The highest BCUT2D eigenvalue weighted by Crippen LogP contribution is 2.35. The van der Waals surface area contributed by atoms with Crippen LogP contribution in [0.2, 0.25) is 5.02 Å². The number of furan rings is 1. The molecule has 0 aromatic carbocycles. The van der Waals surface area contributed by atoms with Gasteiger partial charge in [0.2, 0.25) is 0 Å². The maximum Gasteiger partial charge on any atom is 0.433 e. The second kappa shape index (κ2) is 6.56. The normalized spacial score (nSPS) is 15.5. The van der Waals surface area contributed by atoms with Gasteiger partial charge in [-0.15, -0.1) is 0 Å². The van der Waals surface area contributed by atoms with Crippen molar-refractivity contribution in [2.45, 2.75) is 25.4 Å². The second-order valence-corrected chi connectivity index (χ2v) is 6.63. The van der Waals surface area contributed by atoms with E-state index in [1.54, 1.807) is 4.90 Å². The summed E-state index contributed by atoms with van der Waals surface area (Å²) in [6.07, 6.45) is -0.701. The molecule has 1 saturated heterocycles. The average molecular weight is 399 g/mol. The van der Waals surface area contributed by atoms with Gasteiger partial charge in [0.25, 0.3) is 5.91 Å². The van der Waals surface area contributed by atoms with Crippen LogP contribution in [0.1, 0.15) is 35.4 Å². The molecule has 4 rings (SSSR count). The molecule has 1 aliphatic heterocycles. The van der Waals surface area contributed by atoms with Gasteiger partial charge in [-0.05, 0) is 37.5 Å². The van der Waals surface area contributed by atoms with Crippen LogP contribution in [0.15, 0.2) is 28.9 Å². The number of hydrogen-bond donors (Lipinski definition) is 0. The number of rotatable bonds is 2. The maximum absolute atomic E-state index is 13.6. The molecule has 1 amide bonds. The number of alkyl halides is 3. The van der Waals surface area contributed by atoms with Crippen molar-refractivity contribution in [3.05, 3.63) is 40.9 Å². The van der Waals surface area contributed by atoms with E-state index in [1.807, 2.05) is 0 Å². The predicted molar refractivity (Wildman–Crippen MR) is 90.5 cm³/mol. The summed E-state index contributed by atoms with van der Waals surface area (Å²) < 4.78 is 46.5. The highest BCUT2D eigenvalue weighted by molar-refractivity contribution is 6.36. The van der Waals surface area contributed by atoms with Crippen LogP contribution in [0.25, 0.3) is 17.1 Å². The summed E-state index contributed by atoms with van der Waals surface area (Å²) in [6.45, 7) is 1.06. The van der Waals surface area contributed by atoms with Crippen molar-refractivity contribution >= 4 is 23.2 Å². The van der Waals surface area contributed by atoms with E-state index in [2.05, 4.69) is 10.1 Å². The lowest BCUT2D eigenvalue weighted by Crippen LogP contribution is -2.36.